The van der Waals surface area contributed by atoms with Gasteiger partial charge in [-0.25, -0.2) is 8.42 Å². The smallest absolute Gasteiger partial charge is 0.245 e. The molecule has 0 saturated carbocycles. The lowest BCUT2D eigenvalue weighted by molar-refractivity contribution is -0.122. The molecule has 2 aromatic rings. The quantitative estimate of drug-likeness (QED) is 0.717. The molecule has 3 heterocycles. The van der Waals surface area contributed by atoms with Crippen LogP contribution in [0.2, 0.25) is 0 Å². The maximum atomic E-state index is 13.3. The Morgan fingerprint density at radius 1 is 0.935 bits per heavy atom. The molecular formula is C22H31N5O3S. The van der Waals surface area contributed by atoms with E-state index in [2.05, 4.69) is 10.00 Å². The Morgan fingerprint density at radius 2 is 1.55 bits per heavy atom. The Morgan fingerprint density at radius 3 is 2.10 bits per heavy atom. The lowest BCUT2D eigenvalue weighted by atomic mass is 10.1. The van der Waals surface area contributed by atoms with Crippen LogP contribution in [0.25, 0.3) is 0 Å². The first-order valence-corrected chi connectivity index (χ1v) is 12.2. The van der Waals surface area contributed by atoms with Gasteiger partial charge in [0.15, 0.2) is 0 Å². The average Bonchev–Trinajstić information content (AvgIpc) is 3.21. The predicted octanol–water partition coefficient (Wildman–Crippen LogP) is 1.77. The van der Waals surface area contributed by atoms with Gasteiger partial charge in [-0.1, -0.05) is 17.7 Å². The highest BCUT2D eigenvalue weighted by Gasteiger charge is 2.40. The highest BCUT2D eigenvalue weighted by Crippen LogP contribution is 2.28. The second-order valence-corrected chi connectivity index (χ2v) is 10.6. The van der Waals surface area contributed by atoms with Gasteiger partial charge in [0.05, 0.1) is 16.6 Å². The number of carbonyl (C=O) groups excluding carboxylic acids is 1. The van der Waals surface area contributed by atoms with Gasteiger partial charge in [0.25, 0.3) is 0 Å². The van der Waals surface area contributed by atoms with E-state index in [-0.39, 0.29) is 11.9 Å². The fourth-order valence-electron chi connectivity index (χ4n) is 5.04. The van der Waals surface area contributed by atoms with Crippen LogP contribution >= 0.6 is 0 Å². The van der Waals surface area contributed by atoms with Crippen LogP contribution in [-0.4, -0.2) is 72.1 Å². The molecule has 9 heteroatoms. The zero-order valence-corrected chi connectivity index (χ0v) is 19.7. The minimum Gasteiger partial charge on any atom is -0.296 e. The lowest BCUT2D eigenvalue weighted by Crippen LogP contribution is -2.53. The molecular weight excluding hydrogens is 414 g/mol. The van der Waals surface area contributed by atoms with Crippen molar-refractivity contribution in [1.29, 1.82) is 0 Å². The van der Waals surface area contributed by atoms with Gasteiger partial charge in [0, 0.05) is 45.8 Å². The van der Waals surface area contributed by atoms with Crippen LogP contribution in [0.4, 0.5) is 5.82 Å². The molecule has 0 radical (unpaired) electrons. The first kappa shape index (κ1) is 22.0. The van der Waals surface area contributed by atoms with E-state index in [9.17, 15) is 13.2 Å². The summed E-state index contributed by atoms with van der Waals surface area (Å²) in [6, 6.07) is 5.56. The fraction of sp³-hybridized carbons (Fsp3) is 0.545. The zero-order valence-electron chi connectivity index (χ0n) is 18.9. The molecule has 2 aliphatic rings. The third-order valence-electron chi connectivity index (χ3n) is 6.35. The van der Waals surface area contributed by atoms with Crippen molar-refractivity contribution >= 4 is 21.7 Å². The molecule has 168 valence electrons. The first-order chi connectivity index (χ1) is 14.6. The molecule has 0 spiro atoms. The van der Waals surface area contributed by atoms with Crippen LogP contribution in [0, 0.1) is 27.7 Å². The van der Waals surface area contributed by atoms with Crippen molar-refractivity contribution in [2.45, 2.75) is 45.1 Å². The monoisotopic (exact) mass is 445 g/mol. The Labute approximate surface area is 184 Å². The topological polar surface area (TPSA) is 78.8 Å². The van der Waals surface area contributed by atoms with E-state index < -0.39 is 10.0 Å². The van der Waals surface area contributed by atoms with Crippen molar-refractivity contribution in [1.82, 2.24) is 19.0 Å². The molecule has 8 nitrogen and oxygen atoms in total. The number of carbonyl (C=O) groups is 1. The molecule has 4 rings (SSSR count). The van der Waals surface area contributed by atoms with Crippen LogP contribution in [0.5, 0.6) is 0 Å². The summed E-state index contributed by atoms with van der Waals surface area (Å²) in [5, 5.41) is 4.35. The van der Waals surface area contributed by atoms with Gasteiger partial charge in [-0.2, -0.15) is 9.40 Å². The maximum absolute atomic E-state index is 13.3. The first-order valence-electron chi connectivity index (χ1n) is 10.7. The summed E-state index contributed by atoms with van der Waals surface area (Å²) < 4.78 is 30.0. The Balaban J connectivity index is 1.46. The van der Waals surface area contributed by atoms with Gasteiger partial charge in [-0.05, 0) is 45.2 Å². The normalized spacial score (nSPS) is 21.3. The van der Waals surface area contributed by atoms with Crippen LogP contribution in [0.3, 0.4) is 0 Å². The van der Waals surface area contributed by atoms with E-state index in [1.807, 2.05) is 52.9 Å². The third-order valence-corrected chi connectivity index (χ3v) is 8.55. The highest BCUT2D eigenvalue weighted by atomic mass is 32.2. The van der Waals surface area contributed by atoms with Crippen molar-refractivity contribution in [3.05, 3.63) is 40.6 Å². The molecule has 2 aliphatic heterocycles. The lowest BCUT2D eigenvalue weighted by Gasteiger charge is -2.37. The standard InChI is InChI=1S/C22H31N5O3S/c1-15-12-16(2)21(17(3)13-15)31(29,30)26-10-8-25(9-11-26)19-6-7-27(22(19)28)20-14-18(4)23-24(20)5/h12-14,19H,6-11H2,1-5H3/t19-/m0/s1. The maximum Gasteiger partial charge on any atom is 0.245 e. The third kappa shape index (κ3) is 3.90. The van der Waals surface area contributed by atoms with Crippen molar-refractivity contribution in [3.8, 4) is 0 Å². The molecule has 2 saturated heterocycles. The predicted molar refractivity (Wildman–Crippen MR) is 120 cm³/mol. The zero-order chi connectivity index (χ0) is 22.5. The number of piperazine rings is 1. The van der Waals surface area contributed by atoms with Gasteiger partial charge in [-0.15, -0.1) is 0 Å². The molecule has 31 heavy (non-hydrogen) atoms. The summed E-state index contributed by atoms with van der Waals surface area (Å²) in [5.74, 6) is 0.890. The summed E-state index contributed by atoms with van der Waals surface area (Å²) in [6.45, 7) is 10.2. The number of rotatable bonds is 4. The van der Waals surface area contributed by atoms with E-state index in [1.165, 1.54) is 0 Å². The van der Waals surface area contributed by atoms with Gasteiger partial charge in [0.1, 0.15) is 5.82 Å². The van der Waals surface area contributed by atoms with Crippen LogP contribution in [0.15, 0.2) is 23.1 Å². The van der Waals surface area contributed by atoms with Crippen LogP contribution in [-0.2, 0) is 21.9 Å². The van der Waals surface area contributed by atoms with Crippen LogP contribution in [0.1, 0.15) is 28.8 Å². The minimum atomic E-state index is -3.56. The van der Waals surface area contributed by atoms with E-state index in [0.29, 0.717) is 37.6 Å². The number of amides is 1. The Bertz CT molecular complexity index is 1090. The largest absolute Gasteiger partial charge is 0.296 e. The molecule has 0 unspecified atom stereocenters. The van der Waals surface area contributed by atoms with Crippen molar-refractivity contribution in [2.75, 3.05) is 37.6 Å². The van der Waals surface area contributed by atoms with E-state index in [0.717, 1.165) is 34.6 Å². The number of anilines is 1. The minimum absolute atomic E-state index is 0.0736. The number of benzene rings is 1. The average molecular weight is 446 g/mol. The van der Waals surface area contributed by atoms with Crippen molar-refractivity contribution < 1.29 is 13.2 Å². The fourth-order valence-corrected chi connectivity index (χ4v) is 6.87. The summed E-state index contributed by atoms with van der Waals surface area (Å²) in [6.07, 6.45) is 0.742. The number of aromatic nitrogens is 2. The molecule has 1 amide bonds. The van der Waals surface area contributed by atoms with Gasteiger partial charge in [-0.3, -0.25) is 19.3 Å². The van der Waals surface area contributed by atoms with Gasteiger partial charge < -0.3 is 0 Å². The van der Waals surface area contributed by atoms with Gasteiger partial charge in [0.2, 0.25) is 15.9 Å². The number of hydrogen-bond donors (Lipinski definition) is 0. The molecule has 1 atom stereocenters. The summed E-state index contributed by atoms with van der Waals surface area (Å²) >= 11 is 0. The SMILES string of the molecule is Cc1cc(C)c(S(=O)(=O)N2CCN([C@H]3CCN(c4cc(C)nn4C)C3=O)CC2)c(C)c1. The van der Waals surface area contributed by atoms with E-state index in [4.69, 9.17) is 0 Å². The molecule has 1 aromatic heterocycles. The second kappa shape index (κ2) is 8.03. The van der Waals surface area contributed by atoms with Crippen molar-refractivity contribution in [2.24, 2.45) is 7.05 Å². The molecule has 2 fully saturated rings. The van der Waals surface area contributed by atoms with E-state index in [1.54, 1.807) is 13.9 Å². The Kier molecular flexibility index (Phi) is 5.70. The second-order valence-electron chi connectivity index (χ2n) is 8.73. The molecule has 0 N–H and O–H groups in total. The summed E-state index contributed by atoms with van der Waals surface area (Å²) in [7, 11) is -1.71. The van der Waals surface area contributed by atoms with E-state index >= 15 is 0 Å². The summed E-state index contributed by atoms with van der Waals surface area (Å²) in [4.78, 5) is 17.4. The molecule has 0 bridgehead atoms. The molecule has 0 aliphatic carbocycles. The van der Waals surface area contributed by atoms with Gasteiger partial charge >= 0.3 is 0 Å². The highest BCUT2D eigenvalue weighted by molar-refractivity contribution is 7.89. The number of hydrogen-bond acceptors (Lipinski definition) is 5. The number of nitrogens with zero attached hydrogens (tertiary/aromatic N) is 5. The molecule has 1 aromatic carbocycles. The number of aryl methyl sites for hydroxylation is 5. The Hall–Kier alpha value is -2.23. The van der Waals surface area contributed by atoms with Crippen molar-refractivity contribution in [3.63, 3.8) is 0 Å². The van der Waals surface area contributed by atoms with Crippen LogP contribution < -0.4 is 4.90 Å². The number of sulfonamides is 1. The summed E-state index contributed by atoms with van der Waals surface area (Å²) in [5.41, 5.74) is 3.52.